The Kier molecular flexibility index (Phi) is 7.92. The third kappa shape index (κ3) is 6.46. The maximum Gasteiger partial charge on any atom is 0.227 e. The second-order valence-electron chi connectivity index (χ2n) is 5.11. The maximum atomic E-state index is 12.2. The molecule has 0 bridgehead atoms. The number of hydrogen-bond donors (Lipinski definition) is 1. The van der Waals surface area contributed by atoms with Crippen molar-refractivity contribution in [3.8, 4) is 0 Å². The first-order chi connectivity index (χ1) is 9.22. The second-order valence-corrected chi connectivity index (χ2v) is 7.37. The van der Waals surface area contributed by atoms with Crippen LogP contribution in [-0.4, -0.2) is 44.8 Å². The highest BCUT2D eigenvalue weighted by Gasteiger charge is 2.25. The van der Waals surface area contributed by atoms with Crippen LogP contribution in [0.5, 0.6) is 0 Å². The van der Waals surface area contributed by atoms with Crippen molar-refractivity contribution >= 4 is 28.2 Å². The van der Waals surface area contributed by atoms with Gasteiger partial charge in [0, 0.05) is 25.9 Å². The molecule has 2 atom stereocenters. The number of benzene rings is 1. The molecule has 5 nitrogen and oxygen atoms in total. The van der Waals surface area contributed by atoms with Crippen molar-refractivity contribution in [1.29, 1.82) is 0 Å². The molecule has 7 heteroatoms. The van der Waals surface area contributed by atoms with Crippen LogP contribution in [0.25, 0.3) is 0 Å². The van der Waals surface area contributed by atoms with Gasteiger partial charge in [-0.15, -0.1) is 12.4 Å². The summed E-state index contributed by atoms with van der Waals surface area (Å²) < 4.78 is 22.2. The summed E-state index contributed by atoms with van der Waals surface area (Å²) in [5.41, 5.74) is 6.99. The van der Waals surface area contributed by atoms with Crippen molar-refractivity contribution in [2.45, 2.75) is 13.0 Å². The lowest BCUT2D eigenvalue weighted by molar-refractivity contribution is -0.134. The van der Waals surface area contributed by atoms with Crippen LogP contribution < -0.4 is 5.73 Å². The Bertz CT molecular complexity index is 549. The highest BCUT2D eigenvalue weighted by Crippen LogP contribution is 2.20. The van der Waals surface area contributed by atoms with E-state index < -0.39 is 21.8 Å². The molecule has 2 N–H and O–H groups in total. The molecule has 0 aliphatic heterocycles. The number of amides is 1. The fraction of sp³-hybridized carbons (Fsp3) is 0.500. The van der Waals surface area contributed by atoms with E-state index in [1.54, 1.807) is 14.0 Å². The molecule has 1 aromatic rings. The van der Waals surface area contributed by atoms with Crippen molar-refractivity contribution < 1.29 is 13.2 Å². The van der Waals surface area contributed by atoms with E-state index in [2.05, 4.69) is 0 Å². The maximum absolute atomic E-state index is 12.2. The smallest absolute Gasteiger partial charge is 0.227 e. The number of sulfone groups is 1. The summed E-state index contributed by atoms with van der Waals surface area (Å²) in [6.07, 6.45) is 1.16. The Labute approximate surface area is 132 Å². The van der Waals surface area contributed by atoms with Gasteiger partial charge in [-0.25, -0.2) is 8.42 Å². The zero-order valence-corrected chi connectivity index (χ0v) is 14.2. The van der Waals surface area contributed by atoms with Gasteiger partial charge in [0.05, 0.1) is 11.7 Å². The quantitative estimate of drug-likeness (QED) is 0.849. The molecule has 0 aromatic heterocycles. The molecule has 0 fully saturated rings. The minimum Gasteiger partial charge on any atom is -0.344 e. The van der Waals surface area contributed by atoms with Crippen molar-refractivity contribution in [3.05, 3.63) is 35.9 Å². The van der Waals surface area contributed by atoms with Crippen molar-refractivity contribution in [1.82, 2.24) is 4.90 Å². The van der Waals surface area contributed by atoms with Gasteiger partial charge in [-0.1, -0.05) is 37.3 Å². The SMILES string of the molecule is CC(C(=O)N(C)CCS(C)(=O)=O)C(N)c1ccccc1.Cl. The third-order valence-electron chi connectivity index (χ3n) is 3.29. The highest BCUT2D eigenvalue weighted by atomic mass is 35.5. The summed E-state index contributed by atoms with van der Waals surface area (Å²) in [7, 11) is -1.48. The van der Waals surface area contributed by atoms with E-state index in [9.17, 15) is 13.2 Å². The molecule has 0 aliphatic carbocycles. The lowest BCUT2D eigenvalue weighted by Crippen LogP contribution is -2.39. The molecule has 120 valence electrons. The molecule has 0 heterocycles. The first-order valence-corrected chi connectivity index (χ1v) is 8.51. The van der Waals surface area contributed by atoms with Gasteiger partial charge in [0.1, 0.15) is 9.84 Å². The van der Waals surface area contributed by atoms with E-state index in [0.29, 0.717) is 0 Å². The van der Waals surface area contributed by atoms with E-state index in [4.69, 9.17) is 5.73 Å². The number of carbonyl (C=O) groups is 1. The van der Waals surface area contributed by atoms with E-state index >= 15 is 0 Å². The van der Waals surface area contributed by atoms with Gasteiger partial charge in [-0.2, -0.15) is 0 Å². The van der Waals surface area contributed by atoms with Gasteiger partial charge in [0.2, 0.25) is 5.91 Å². The normalized spacial score (nSPS) is 13.9. The van der Waals surface area contributed by atoms with E-state index in [-0.39, 0.29) is 30.6 Å². The lowest BCUT2D eigenvalue weighted by atomic mass is 9.94. The highest BCUT2D eigenvalue weighted by molar-refractivity contribution is 7.90. The Morgan fingerprint density at radius 3 is 2.29 bits per heavy atom. The molecule has 1 amide bonds. The van der Waals surface area contributed by atoms with Gasteiger partial charge in [0.25, 0.3) is 0 Å². The monoisotopic (exact) mass is 334 g/mol. The molecule has 1 aromatic carbocycles. The van der Waals surface area contributed by atoms with Crippen molar-refractivity contribution in [3.63, 3.8) is 0 Å². The van der Waals surface area contributed by atoms with Gasteiger partial charge in [0.15, 0.2) is 0 Å². The number of nitrogens with two attached hydrogens (primary N) is 1. The molecule has 0 radical (unpaired) electrons. The molecular weight excluding hydrogens is 312 g/mol. The van der Waals surface area contributed by atoms with Gasteiger partial charge < -0.3 is 10.6 Å². The van der Waals surface area contributed by atoms with Crippen LogP contribution in [-0.2, 0) is 14.6 Å². The van der Waals surface area contributed by atoms with Crippen LogP contribution >= 0.6 is 12.4 Å². The lowest BCUT2D eigenvalue weighted by Gasteiger charge is -2.25. The summed E-state index contributed by atoms with van der Waals surface area (Å²) >= 11 is 0. The van der Waals surface area contributed by atoms with Crippen LogP contribution in [0.15, 0.2) is 30.3 Å². The number of carbonyl (C=O) groups excluding carboxylic acids is 1. The minimum absolute atomic E-state index is 0. The number of rotatable bonds is 6. The summed E-state index contributed by atoms with van der Waals surface area (Å²) in [5, 5.41) is 0. The van der Waals surface area contributed by atoms with Crippen LogP contribution in [0.2, 0.25) is 0 Å². The number of hydrogen-bond acceptors (Lipinski definition) is 4. The zero-order valence-electron chi connectivity index (χ0n) is 12.5. The molecular formula is C14H23ClN2O3S. The van der Waals surface area contributed by atoms with E-state index in [1.165, 1.54) is 4.90 Å². The van der Waals surface area contributed by atoms with E-state index in [1.807, 2.05) is 30.3 Å². The van der Waals surface area contributed by atoms with Crippen LogP contribution in [0.4, 0.5) is 0 Å². The van der Waals surface area contributed by atoms with Crippen LogP contribution in [0.1, 0.15) is 18.5 Å². The van der Waals surface area contributed by atoms with Gasteiger partial charge in [-0.3, -0.25) is 4.79 Å². The largest absolute Gasteiger partial charge is 0.344 e. The summed E-state index contributed by atoms with van der Waals surface area (Å²) in [5.74, 6) is -0.588. The van der Waals surface area contributed by atoms with Crippen molar-refractivity contribution in [2.24, 2.45) is 11.7 Å². The number of nitrogens with zero attached hydrogens (tertiary/aromatic N) is 1. The Morgan fingerprint density at radius 1 is 1.29 bits per heavy atom. The van der Waals surface area contributed by atoms with Crippen molar-refractivity contribution in [2.75, 3.05) is 25.6 Å². The topological polar surface area (TPSA) is 80.5 Å². The predicted octanol–water partition coefficient (Wildman–Crippen LogP) is 1.25. The molecule has 0 saturated carbocycles. The fourth-order valence-electron chi connectivity index (χ4n) is 1.88. The molecule has 0 spiro atoms. The van der Waals surface area contributed by atoms with E-state index in [0.717, 1.165) is 11.8 Å². The first-order valence-electron chi connectivity index (χ1n) is 6.45. The number of halogens is 1. The molecule has 2 unspecified atom stereocenters. The minimum atomic E-state index is -3.08. The molecule has 0 saturated heterocycles. The summed E-state index contributed by atoms with van der Waals surface area (Å²) in [6, 6.07) is 9.00. The third-order valence-corrected chi connectivity index (χ3v) is 4.21. The van der Waals surface area contributed by atoms with Crippen LogP contribution in [0.3, 0.4) is 0 Å². The molecule has 0 aliphatic rings. The van der Waals surface area contributed by atoms with Gasteiger partial charge in [-0.05, 0) is 5.56 Å². The Morgan fingerprint density at radius 2 is 1.81 bits per heavy atom. The fourth-order valence-corrected chi connectivity index (χ4v) is 2.48. The Hall–Kier alpha value is -1.11. The molecule has 21 heavy (non-hydrogen) atoms. The van der Waals surface area contributed by atoms with Gasteiger partial charge >= 0.3 is 0 Å². The Balaban J connectivity index is 0.00000400. The standard InChI is InChI=1S/C14H22N2O3S.ClH/c1-11(13(15)12-7-5-4-6-8-12)14(17)16(2)9-10-20(3,18)19;/h4-8,11,13H,9-10,15H2,1-3H3;1H. The second kappa shape index (κ2) is 8.36. The average Bonchev–Trinajstić information content (AvgIpc) is 2.42. The average molecular weight is 335 g/mol. The summed E-state index contributed by atoms with van der Waals surface area (Å²) in [6.45, 7) is 1.94. The summed E-state index contributed by atoms with van der Waals surface area (Å²) in [4.78, 5) is 13.7. The van der Waals surface area contributed by atoms with Crippen LogP contribution in [0, 0.1) is 5.92 Å². The first kappa shape index (κ1) is 19.9. The molecule has 1 rings (SSSR count). The predicted molar refractivity (Wildman–Crippen MR) is 87.1 cm³/mol. The zero-order chi connectivity index (χ0) is 15.3.